The molecule has 1 fully saturated rings. The monoisotopic (exact) mass is 473 g/mol. The predicted molar refractivity (Wildman–Crippen MR) is 107 cm³/mol. The zero-order valence-electron chi connectivity index (χ0n) is 16.4. The van der Waals surface area contributed by atoms with E-state index >= 15 is 0 Å². The quantitative estimate of drug-likeness (QED) is 0.496. The molecule has 1 saturated heterocycles. The van der Waals surface area contributed by atoms with Crippen molar-refractivity contribution in [2.24, 2.45) is 0 Å². The number of aliphatic hydroxyl groups is 1. The van der Waals surface area contributed by atoms with Crippen LogP contribution in [0.25, 0.3) is 11.0 Å². The summed E-state index contributed by atoms with van der Waals surface area (Å²) >= 11 is 5.89. The van der Waals surface area contributed by atoms with E-state index in [2.05, 4.69) is 15.3 Å². The third-order valence-electron chi connectivity index (χ3n) is 4.90. The lowest BCUT2D eigenvalue weighted by Crippen LogP contribution is -2.51. The number of anilines is 2. The molecule has 1 aliphatic rings. The Bertz CT molecular complexity index is 1160. The van der Waals surface area contributed by atoms with Crippen LogP contribution in [0.3, 0.4) is 0 Å². The fourth-order valence-corrected chi connectivity index (χ4v) is 3.54. The van der Waals surface area contributed by atoms with Crippen LogP contribution in [0.4, 0.5) is 34.0 Å². The molecule has 32 heavy (non-hydrogen) atoms. The standard InChI is InChI=1S/C19H16ClF4N5O3/c1-8-12-2-9(21)3-13(20)15(12)32-14(8)16(19(22,23)24)28-18(31)27-10-4-25-17(26-5-10)29-6-11(30)7-29/h2-5,11,16,30H,6-7H2,1H3,(H2,27,28,31)/t16-/m1/s1. The van der Waals surface area contributed by atoms with Crippen molar-refractivity contribution in [1.82, 2.24) is 15.3 Å². The minimum atomic E-state index is -4.92. The fourth-order valence-electron chi connectivity index (χ4n) is 3.30. The van der Waals surface area contributed by atoms with Crippen molar-refractivity contribution in [3.8, 4) is 0 Å². The first-order valence-corrected chi connectivity index (χ1v) is 9.68. The highest BCUT2D eigenvalue weighted by Crippen LogP contribution is 2.40. The first-order chi connectivity index (χ1) is 15.0. The topological polar surface area (TPSA) is 104 Å². The number of alkyl halides is 3. The lowest BCUT2D eigenvalue weighted by atomic mass is 10.1. The number of aromatic nitrogens is 2. The van der Waals surface area contributed by atoms with Gasteiger partial charge in [0.25, 0.3) is 0 Å². The molecule has 0 aliphatic carbocycles. The van der Waals surface area contributed by atoms with Gasteiger partial charge in [-0.2, -0.15) is 13.2 Å². The molecule has 3 heterocycles. The van der Waals surface area contributed by atoms with Gasteiger partial charge in [-0.3, -0.25) is 0 Å². The van der Waals surface area contributed by atoms with Gasteiger partial charge in [-0.1, -0.05) is 11.6 Å². The largest absolute Gasteiger partial charge is 0.457 e. The number of carbonyl (C=O) groups excluding carboxylic acids is 1. The van der Waals surface area contributed by atoms with Crippen LogP contribution in [0.2, 0.25) is 5.02 Å². The molecule has 1 atom stereocenters. The summed E-state index contributed by atoms with van der Waals surface area (Å²) in [6.45, 7) is 2.05. The molecule has 3 aromatic rings. The maximum absolute atomic E-state index is 13.8. The van der Waals surface area contributed by atoms with Gasteiger partial charge >= 0.3 is 12.2 Å². The Morgan fingerprint density at radius 3 is 2.56 bits per heavy atom. The number of halogens is 5. The van der Waals surface area contributed by atoms with Crippen molar-refractivity contribution in [1.29, 1.82) is 0 Å². The molecule has 1 aliphatic heterocycles. The van der Waals surface area contributed by atoms with E-state index in [1.54, 1.807) is 4.90 Å². The average Bonchev–Trinajstić information content (AvgIpc) is 3.00. The first kappa shape index (κ1) is 22.1. The van der Waals surface area contributed by atoms with Crippen LogP contribution in [0.1, 0.15) is 17.4 Å². The highest BCUT2D eigenvalue weighted by atomic mass is 35.5. The second kappa shape index (κ2) is 8.10. The van der Waals surface area contributed by atoms with Crippen molar-refractivity contribution < 1.29 is 31.9 Å². The smallest absolute Gasteiger partial charge is 0.416 e. The van der Waals surface area contributed by atoms with Crippen LogP contribution in [-0.4, -0.2) is 46.5 Å². The number of fused-ring (bicyclic) bond motifs is 1. The Morgan fingerprint density at radius 2 is 1.97 bits per heavy atom. The number of hydrogen-bond acceptors (Lipinski definition) is 6. The molecule has 0 spiro atoms. The maximum atomic E-state index is 13.8. The summed E-state index contributed by atoms with van der Waals surface area (Å²) in [6, 6.07) is -1.77. The molecule has 2 aromatic heterocycles. The van der Waals surface area contributed by atoms with E-state index in [0.717, 1.165) is 12.1 Å². The number of urea groups is 1. The third kappa shape index (κ3) is 4.28. The van der Waals surface area contributed by atoms with Gasteiger partial charge in [-0.05, 0) is 19.1 Å². The second-order valence-electron chi connectivity index (χ2n) is 7.26. The number of nitrogens with zero attached hydrogens (tertiary/aromatic N) is 3. The summed E-state index contributed by atoms with van der Waals surface area (Å²) in [5.41, 5.74) is -0.0646. The van der Waals surface area contributed by atoms with E-state index in [1.165, 1.54) is 19.3 Å². The van der Waals surface area contributed by atoms with Crippen molar-refractivity contribution in [3.05, 3.63) is 46.7 Å². The Kier molecular flexibility index (Phi) is 5.59. The lowest BCUT2D eigenvalue weighted by molar-refractivity contribution is -0.158. The Labute approximate surface area is 183 Å². The van der Waals surface area contributed by atoms with Gasteiger partial charge in [0, 0.05) is 24.0 Å². The van der Waals surface area contributed by atoms with Crippen molar-refractivity contribution >= 4 is 40.2 Å². The average molecular weight is 474 g/mol. The molecular formula is C19H16ClF4N5O3. The summed E-state index contributed by atoms with van der Waals surface area (Å²) in [5.74, 6) is -1.03. The summed E-state index contributed by atoms with van der Waals surface area (Å²) in [5, 5.41) is 13.2. The van der Waals surface area contributed by atoms with Gasteiger partial charge in [0.1, 0.15) is 11.6 Å². The van der Waals surface area contributed by atoms with Gasteiger partial charge in [0.2, 0.25) is 5.95 Å². The number of aryl methyl sites for hydroxylation is 1. The summed E-state index contributed by atoms with van der Waals surface area (Å²) in [7, 11) is 0. The minimum absolute atomic E-state index is 0.00607. The molecule has 0 unspecified atom stereocenters. The molecular weight excluding hydrogens is 458 g/mol. The molecule has 0 bridgehead atoms. The van der Waals surface area contributed by atoms with E-state index in [1.807, 2.05) is 5.32 Å². The van der Waals surface area contributed by atoms with E-state index < -0.39 is 35.9 Å². The summed E-state index contributed by atoms with van der Waals surface area (Å²) in [6.07, 6.45) is -2.93. The number of benzene rings is 1. The number of rotatable bonds is 4. The van der Waals surface area contributed by atoms with Crippen LogP contribution in [-0.2, 0) is 0 Å². The number of aliphatic hydroxyl groups excluding tert-OH is 1. The van der Waals surface area contributed by atoms with Gasteiger partial charge in [-0.25, -0.2) is 19.2 Å². The zero-order chi connectivity index (χ0) is 23.2. The van der Waals surface area contributed by atoms with Gasteiger partial charge in [0.05, 0.1) is 29.2 Å². The minimum Gasteiger partial charge on any atom is -0.457 e. The number of carbonyl (C=O) groups is 1. The van der Waals surface area contributed by atoms with Crippen LogP contribution >= 0.6 is 11.6 Å². The number of nitrogens with one attached hydrogen (secondary N) is 2. The van der Waals surface area contributed by atoms with Gasteiger partial charge < -0.3 is 25.1 Å². The normalized spacial score (nSPS) is 15.5. The van der Waals surface area contributed by atoms with Crippen LogP contribution in [0.15, 0.2) is 28.9 Å². The highest BCUT2D eigenvalue weighted by Gasteiger charge is 2.45. The zero-order valence-corrected chi connectivity index (χ0v) is 17.1. The maximum Gasteiger partial charge on any atom is 0.416 e. The molecule has 3 N–H and O–H groups in total. The Hall–Kier alpha value is -3.12. The van der Waals surface area contributed by atoms with Crippen LogP contribution in [0, 0.1) is 12.7 Å². The summed E-state index contributed by atoms with van der Waals surface area (Å²) < 4.78 is 60.2. The number of β-amino-alcohol motifs (C(OH)–C–C–N with tert-alkyl or cyclic N) is 1. The van der Waals surface area contributed by atoms with E-state index in [-0.39, 0.29) is 27.2 Å². The number of hydrogen-bond donors (Lipinski definition) is 3. The molecule has 13 heteroatoms. The Morgan fingerprint density at radius 1 is 1.31 bits per heavy atom. The number of amides is 2. The fraction of sp³-hybridized carbons (Fsp3) is 0.316. The SMILES string of the molecule is Cc1c([C@@H](NC(=O)Nc2cnc(N3CC(O)C3)nc2)C(F)(F)F)oc2c(Cl)cc(F)cc12. The van der Waals surface area contributed by atoms with Gasteiger partial charge in [0.15, 0.2) is 11.6 Å². The van der Waals surface area contributed by atoms with Crippen molar-refractivity contribution in [3.63, 3.8) is 0 Å². The van der Waals surface area contributed by atoms with E-state index in [4.69, 9.17) is 16.0 Å². The molecule has 4 rings (SSSR count). The Balaban J connectivity index is 1.53. The van der Waals surface area contributed by atoms with Crippen molar-refractivity contribution in [2.75, 3.05) is 23.3 Å². The molecule has 0 saturated carbocycles. The number of furan rings is 1. The van der Waals surface area contributed by atoms with Crippen LogP contribution < -0.4 is 15.5 Å². The van der Waals surface area contributed by atoms with E-state index in [0.29, 0.717) is 19.0 Å². The third-order valence-corrected chi connectivity index (χ3v) is 5.18. The highest BCUT2D eigenvalue weighted by molar-refractivity contribution is 6.34. The predicted octanol–water partition coefficient (Wildman–Crippen LogP) is 3.93. The summed E-state index contributed by atoms with van der Waals surface area (Å²) in [4.78, 5) is 22.0. The van der Waals surface area contributed by atoms with Crippen molar-refractivity contribution in [2.45, 2.75) is 25.2 Å². The molecule has 1 aromatic carbocycles. The second-order valence-corrected chi connectivity index (χ2v) is 7.67. The van der Waals surface area contributed by atoms with Gasteiger partial charge in [-0.15, -0.1) is 0 Å². The molecule has 0 radical (unpaired) electrons. The van der Waals surface area contributed by atoms with Crippen LogP contribution in [0.5, 0.6) is 0 Å². The first-order valence-electron chi connectivity index (χ1n) is 9.30. The molecule has 8 nitrogen and oxygen atoms in total. The molecule has 2 amide bonds. The molecule has 170 valence electrons. The lowest BCUT2D eigenvalue weighted by Gasteiger charge is -2.35. The van der Waals surface area contributed by atoms with E-state index in [9.17, 15) is 27.5 Å².